The van der Waals surface area contributed by atoms with E-state index in [1.54, 1.807) is 0 Å². The number of nitro groups is 1. The van der Waals surface area contributed by atoms with E-state index in [4.69, 9.17) is 5.73 Å². The van der Waals surface area contributed by atoms with E-state index in [-0.39, 0.29) is 32.9 Å². The van der Waals surface area contributed by atoms with Gasteiger partial charge < -0.3 is 15.9 Å². The highest BCUT2D eigenvalue weighted by atomic mass is 32.2. The normalized spacial score (nSPS) is 12.5. The van der Waals surface area contributed by atoms with Crippen LogP contribution in [0.4, 0.5) is 22.7 Å². The maximum absolute atomic E-state index is 11.7. The standard InChI is InChI=1S/C20H14N4O10S2/c21-14-2-1-9-4-12(35(29,30)31)7-17(26)19(9)20(14)23-22-15-5-10-3-11(25)6-18(36(32,33)34)13(10)8-16(15)24(27)28/h1-8,25-26H,21H2,(H,29,30,31)(H,32,33,34). The molecule has 36 heavy (non-hydrogen) atoms. The van der Waals surface area contributed by atoms with Crippen molar-refractivity contribution in [3.63, 3.8) is 0 Å². The largest absolute Gasteiger partial charge is 0.508 e. The molecule has 0 aliphatic heterocycles. The zero-order chi connectivity index (χ0) is 26.6. The van der Waals surface area contributed by atoms with Crippen LogP contribution in [0.2, 0.25) is 0 Å². The van der Waals surface area contributed by atoms with Crippen LogP contribution in [-0.2, 0) is 20.2 Å². The van der Waals surface area contributed by atoms with Gasteiger partial charge in [0.1, 0.15) is 22.1 Å². The number of nitro benzene ring substituents is 1. The molecule has 0 spiro atoms. The summed E-state index contributed by atoms with van der Waals surface area (Å²) in [5, 5.41) is 39.4. The Morgan fingerprint density at radius 2 is 1.56 bits per heavy atom. The van der Waals surface area contributed by atoms with Gasteiger partial charge in [-0.25, -0.2) is 0 Å². The van der Waals surface area contributed by atoms with Crippen LogP contribution < -0.4 is 5.73 Å². The van der Waals surface area contributed by atoms with Crippen molar-refractivity contribution in [1.29, 1.82) is 0 Å². The quantitative estimate of drug-likeness (QED) is 0.0810. The summed E-state index contributed by atoms with van der Waals surface area (Å²) in [4.78, 5) is 9.43. The van der Waals surface area contributed by atoms with Crippen LogP contribution in [0.15, 0.2) is 68.6 Å². The molecule has 4 aromatic rings. The molecule has 0 amide bonds. The Balaban J connectivity index is 1.97. The number of nitrogens with zero attached hydrogens (tertiary/aromatic N) is 3. The third kappa shape index (κ3) is 4.48. The van der Waals surface area contributed by atoms with Crippen molar-refractivity contribution < 1.29 is 41.1 Å². The fourth-order valence-electron chi connectivity index (χ4n) is 3.55. The molecular formula is C20H14N4O10S2. The summed E-state index contributed by atoms with van der Waals surface area (Å²) < 4.78 is 65.0. The summed E-state index contributed by atoms with van der Waals surface area (Å²) in [6.07, 6.45) is 0. The lowest BCUT2D eigenvalue weighted by atomic mass is 10.1. The number of hydrogen-bond donors (Lipinski definition) is 5. The molecule has 6 N–H and O–H groups in total. The summed E-state index contributed by atoms with van der Waals surface area (Å²) in [6.45, 7) is 0. The van der Waals surface area contributed by atoms with Crippen LogP contribution in [0.1, 0.15) is 0 Å². The molecule has 16 heteroatoms. The minimum Gasteiger partial charge on any atom is -0.508 e. The summed E-state index contributed by atoms with van der Waals surface area (Å²) in [7, 11) is -9.50. The van der Waals surface area contributed by atoms with E-state index in [0.29, 0.717) is 0 Å². The molecule has 0 atom stereocenters. The molecule has 0 aromatic heterocycles. The zero-order valence-corrected chi connectivity index (χ0v) is 19.2. The number of rotatable bonds is 5. The van der Waals surface area contributed by atoms with Crippen molar-refractivity contribution in [3.8, 4) is 11.5 Å². The first-order valence-electron chi connectivity index (χ1n) is 9.54. The second kappa shape index (κ2) is 8.38. The third-order valence-electron chi connectivity index (χ3n) is 5.10. The van der Waals surface area contributed by atoms with Crippen molar-refractivity contribution in [2.45, 2.75) is 9.79 Å². The van der Waals surface area contributed by atoms with Crippen molar-refractivity contribution in [3.05, 3.63) is 58.6 Å². The molecule has 14 nitrogen and oxygen atoms in total. The number of fused-ring (bicyclic) bond motifs is 2. The first kappa shape index (κ1) is 24.7. The van der Waals surface area contributed by atoms with Crippen molar-refractivity contribution >= 4 is 64.5 Å². The average Bonchev–Trinajstić information content (AvgIpc) is 2.75. The Kier molecular flexibility index (Phi) is 5.76. The SMILES string of the molecule is Nc1ccc2cc(S(=O)(=O)O)cc(O)c2c1N=Nc1cc2cc(O)cc(S(=O)(=O)O)c2cc1[N+](=O)[O-]. The minimum atomic E-state index is -4.85. The molecule has 0 unspecified atom stereocenters. The number of benzene rings is 4. The van der Waals surface area contributed by atoms with Crippen LogP contribution in [0, 0.1) is 10.1 Å². The molecule has 0 saturated heterocycles. The molecule has 0 heterocycles. The maximum Gasteiger partial charge on any atom is 0.297 e. The maximum atomic E-state index is 11.7. The first-order chi connectivity index (χ1) is 16.7. The Morgan fingerprint density at radius 1 is 0.861 bits per heavy atom. The van der Waals surface area contributed by atoms with E-state index in [1.807, 2.05) is 0 Å². The van der Waals surface area contributed by atoms with Crippen LogP contribution in [-0.4, -0.2) is 41.1 Å². The van der Waals surface area contributed by atoms with Gasteiger partial charge in [-0.2, -0.15) is 16.8 Å². The summed E-state index contributed by atoms with van der Waals surface area (Å²) >= 11 is 0. The second-order valence-corrected chi connectivity index (χ2v) is 10.3. The van der Waals surface area contributed by atoms with Gasteiger partial charge in [-0.1, -0.05) is 6.07 Å². The molecule has 186 valence electrons. The predicted octanol–water partition coefficient (Wildman–Crippen LogP) is 3.80. The van der Waals surface area contributed by atoms with E-state index in [0.717, 1.165) is 36.4 Å². The van der Waals surface area contributed by atoms with Crippen molar-refractivity contribution in [1.82, 2.24) is 0 Å². The van der Waals surface area contributed by atoms with E-state index in [9.17, 15) is 46.3 Å². The van der Waals surface area contributed by atoms with Gasteiger partial charge in [-0.05, 0) is 35.0 Å². The minimum absolute atomic E-state index is 0.0336. The number of nitrogens with two attached hydrogens (primary N) is 1. The number of aromatic hydroxyl groups is 2. The molecular weight excluding hydrogens is 520 g/mol. The first-order valence-corrected chi connectivity index (χ1v) is 12.4. The van der Waals surface area contributed by atoms with Gasteiger partial charge in [0.2, 0.25) is 0 Å². The second-order valence-electron chi connectivity index (χ2n) is 7.46. The van der Waals surface area contributed by atoms with Crippen molar-refractivity contribution in [2.75, 3.05) is 5.73 Å². The number of phenolic OH excluding ortho intramolecular Hbond substituents is 2. The lowest BCUT2D eigenvalue weighted by molar-refractivity contribution is -0.384. The van der Waals surface area contributed by atoms with Crippen LogP contribution in [0.25, 0.3) is 21.5 Å². The highest BCUT2D eigenvalue weighted by molar-refractivity contribution is 7.86. The zero-order valence-electron chi connectivity index (χ0n) is 17.6. The van der Waals surface area contributed by atoms with Crippen LogP contribution in [0.5, 0.6) is 11.5 Å². The molecule has 4 aromatic carbocycles. The van der Waals surface area contributed by atoms with Gasteiger partial charge in [0, 0.05) is 23.6 Å². The van der Waals surface area contributed by atoms with E-state index >= 15 is 0 Å². The molecule has 0 fully saturated rings. The molecule has 0 bridgehead atoms. The van der Waals surface area contributed by atoms with Crippen LogP contribution in [0.3, 0.4) is 0 Å². The topological polar surface area (TPSA) is 243 Å². The molecule has 0 saturated carbocycles. The monoisotopic (exact) mass is 534 g/mol. The van der Waals surface area contributed by atoms with Gasteiger partial charge in [0.15, 0.2) is 5.69 Å². The van der Waals surface area contributed by atoms with E-state index in [2.05, 4.69) is 10.2 Å². The third-order valence-corrected chi connectivity index (χ3v) is 6.82. The highest BCUT2D eigenvalue weighted by Crippen LogP contribution is 2.42. The number of anilines is 1. The number of nitrogen functional groups attached to an aromatic ring is 1. The van der Waals surface area contributed by atoms with Gasteiger partial charge >= 0.3 is 0 Å². The van der Waals surface area contributed by atoms with E-state index in [1.165, 1.54) is 12.1 Å². The Bertz CT molecular complexity index is 1850. The van der Waals surface area contributed by atoms with Crippen molar-refractivity contribution in [2.24, 2.45) is 10.2 Å². The van der Waals surface area contributed by atoms with Gasteiger partial charge in [-0.3, -0.25) is 19.2 Å². The van der Waals surface area contributed by atoms with Gasteiger partial charge in [0.25, 0.3) is 25.9 Å². The van der Waals surface area contributed by atoms with E-state index < -0.39 is 57.8 Å². The number of azo groups is 1. The summed E-state index contributed by atoms with van der Waals surface area (Å²) in [6, 6.07) is 8.13. The smallest absolute Gasteiger partial charge is 0.297 e. The highest BCUT2D eigenvalue weighted by Gasteiger charge is 2.23. The van der Waals surface area contributed by atoms with Crippen LogP contribution >= 0.6 is 0 Å². The summed E-state index contributed by atoms with van der Waals surface area (Å²) in [5.41, 5.74) is 4.59. The Morgan fingerprint density at radius 3 is 2.17 bits per heavy atom. The molecule has 0 radical (unpaired) electrons. The van der Waals surface area contributed by atoms with Gasteiger partial charge in [0.05, 0.1) is 20.9 Å². The predicted molar refractivity (Wildman–Crippen MR) is 126 cm³/mol. The Hall–Kier alpha value is -4.38. The summed E-state index contributed by atoms with van der Waals surface area (Å²) in [5.74, 6) is -1.18. The lowest BCUT2D eigenvalue weighted by Gasteiger charge is -2.09. The van der Waals surface area contributed by atoms with Gasteiger partial charge in [-0.15, -0.1) is 10.2 Å². The fraction of sp³-hybridized carbons (Fsp3) is 0. The molecule has 0 aliphatic carbocycles. The number of hydrogen-bond acceptors (Lipinski definition) is 11. The fourth-order valence-corrected chi connectivity index (χ4v) is 4.81. The lowest BCUT2D eigenvalue weighted by Crippen LogP contribution is -2.00. The molecule has 4 rings (SSSR count). The number of phenols is 2. The molecule has 0 aliphatic rings. The Labute approximate surface area is 201 Å². The average molecular weight is 534 g/mol.